The molecule has 0 unspecified atom stereocenters. The summed E-state index contributed by atoms with van der Waals surface area (Å²) in [5, 5.41) is 3.56. The van der Waals surface area contributed by atoms with Gasteiger partial charge >= 0.3 is 0 Å². The number of unbranched alkanes of at least 4 members (excludes halogenated alkanes) is 6. The minimum absolute atomic E-state index is 0.876. The fraction of sp³-hybridized carbons (Fsp3) is 1.00. The second-order valence-electron chi connectivity index (χ2n) is 5.32. The Kier molecular flexibility index (Phi) is 9.72. The van der Waals surface area contributed by atoms with Crippen molar-refractivity contribution in [1.82, 2.24) is 5.32 Å². The van der Waals surface area contributed by atoms with Crippen LogP contribution in [-0.2, 0) is 4.74 Å². The topological polar surface area (TPSA) is 21.3 Å². The predicted molar refractivity (Wildman–Crippen MR) is 74.5 cm³/mol. The lowest BCUT2D eigenvalue weighted by molar-refractivity contribution is 0.126. The first-order valence-electron chi connectivity index (χ1n) is 7.74. The summed E-state index contributed by atoms with van der Waals surface area (Å²) < 4.78 is 5.62. The smallest absolute Gasteiger partial charge is 0.0466 e. The zero-order chi connectivity index (χ0) is 12.2. The average molecular weight is 241 g/mol. The highest BCUT2D eigenvalue weighted by atomic mass is 16.5. The van der Waals surface area contributed by atoms with E-state index in [4.69, 9.17) is 4.74 Å². The maximum Gasteiger partial charge on any atom is 0.0466 e. The predicted octanol–water partition coefficient (Wildman–Crippen LogP) is 3.90. The van der Waals surface area contributed by atoms with Gasteiger partial charge in [-0.1, -0.05) is 39.0 Å². The summed E-state index contributed by atoms with van der Waals surface area (Å²) in [6.07, 6.45) is 13.4. The molecule has 1 N–H and O–H groups in total. The lowest BCUT2D eigenvalue weighted by atomic mass is 10.2. The summed E-state index contributed by atoms with van der Waals surface area (Å²) in [6.45, 7) is 5.42. The van der Waals surface area contributed by atoms with Gasteiger partial charge in [-0.05, 0) is 38.6 Å². The molecule has 1 aliphatic rings. The van der Waals surface area contributed by atoms with Gasteiger partial charge in [0, 0.05) is 19.3 Å². The minimum Gasteiger partial charge on any atom is -0.381 e. The molecule has 0 aromatic rings. The van der Waals surface area contributed by atoms with Gasteiger partial charge in [0.25, 0.3) is 0 Å². The fourth-order valence-electron chi connectivity index (χ4n) is 2.01. The SMILES string of the molecule is CCCCCCOCCCCCCNC1CC1. The maximum atomic E-state index is 5.62. The zero-order valence-electron chi connectivity index (χ0n) is 11.7. The van der Waals surface area contributed by atoms with Gasteiger partial charge < -0.3 is 10.1 Å². The standard InChI is InChI=1S/C15H31NO/c1-2-3-4-8-13-17-14-9-6-5-7-12-16-15-10-11-15/h15-16H,2-14H2,1H3. The van der Waals surface area contributed by atoms with Crippen LogP contribution in [0.4, 0.5) is 0 Å². The Morgan fingerprint density at radius 2 is 1.53 bits per heavy atom. The van der Waals surface area contributed by atoms with Crippen LogP contribution in [0.25, 0.3) is 0 Å². The highest BCUT2D eigenvalue weighted by Crippen LogP contribution is 2.18. The Balaban J connectivity index is 1.61. The van der Waals surface area contributed by atoms with Crippen LogP contribution in [0.5, 0.6) is 0 Å². The molecule has 1 saturated carbocycles. The van der Waals surface area contributed by atoms with Gasteiger partial charge in [-0.25, -0.2) is 0 Å². The summed E-state index contributed by atoms with van der Waals surface area (Å²) in [7, 11) is 0. The Bertz CT molecular complexity index is 157. The molecule has 0 radical (unpaired) electrons. The van der Waals surface area contributed by atoms with Crippen LogP contribution < -0.4 is 5.32 Å². The quantitative estimate of drug-likeness (QED) is 0.494. The summed E-state index contributed by atoms with van der Waals surface area (Å²) in [6, 6.07) is 0.876. The average Bonchev–Trinajstić information content (AvgIpc) is 3.15. The normalized spacial score (nSPS) is 15.4. The molecule has 2 heteroatoms. The third kappa shape index (κ3) is 10.8. The summed E-state index contributed by atoms with van der Waals surface area (Å²) in [5.41, 5.74) is 0. The van der Waals surface area contributed by atoms with Gasteiger partial charge in [-0.15, -0.1) is 0 Å². The molecule has 0 bridgehead atoms. The van der Waals surface area contributed by atoms with Crippen molar-refractivity contribution in [2.75, 3.05) is 19.8 Å². The van der Waals surface area contributed by atoms with E-state index < -0.39 is 0 Å². The second-order valence-corrected chi connectivity index (χ2v) is 5.32. The minimum atomic E-state index is 0.876. The largest absolute Gasteiger partial charge is 0.381 e. The van der Waals surface area contributed by atoms with Crippen LogP contribution in [0, 0.1) is 0 Å². The van der Waals surface area contributed by atoms with E-state index in [9.17, 15) is 0 Å². The number of ether oxygens (including phenoxy) is 1. The number of hydrogen-bond donors (Lipinski definition) is 1. The first kappa shape index (κ1) is 15.0. The summed E-state index contributed by atoms with van der Waals surface area (Å²) >= 11 is 0. The van der Waals surface area contributed by atoms with E-state index in [0.717, 1.165) is 19.3 Å². The molecule has 1 rings (SSSR count). The first-order valence-corrected chi connectivity index (χ1v) is 7.74. The van der Waals surface area contributed by atoms with Crippen molar-refractivity contribution in [1.29, 1.82) is 0 Å². The molecule has 0 aromatic carbocycles. The molecule has 2 nitrogen and oxygen atoms in total. The van der Waals surface area contributed by atoms with Crippen molar-refractivity contribution in [2.45, 2.75) is 77.2 Å². The van der Waals surface area contributed by atoms with Gasteiger partial charge in [0.05, 0.1) is 0 Å². The van der Waals surface area contributed by atoms with Crippen LogP contribution >= 0.6 is 0 Å². The molecule has 0 atom stereocenters. The molecule has 1 fully saturated rings. The third-order valence-electron chi connectivity index (χ3n) is 3.37. The summed E-state index contributed by atoms with van der Waals surface area (Å²) in [5.74, 6) is 0. The summed E-state index contributed by atoms with van der Waals surface area (Å²) in [4.78, 5) is 0. The van der Waals surface area contributed by atoms with Crippen molar-refractivity contribution < 1.29 is 4.74 Å². The molecule has 0 spiro atoms. The molecule has 0 aliphatic heterocycles. The molecule has 1 aliphatic carbocycles. The molecule has 102 valence electrons. The molecule has 0 heterocycles. The van der Waals surface area contributed by atoms with E-state index in [1.165, 1.54) is 70.8 Å². The van der Waals surface area contributed by atoms with Crippen LogP contribution in [0.2, 0.25) is 0 Å². The van der Waals surface area contributed by atoms with Crippen LogP contribution in [0.3, 0.4) is 0 Å². The third-order valence-corrected chi connectivity index (χ3v) is 3.37. The molecule has 17 heavy (non-hydrogen) atoms. The van der Waals surface area contributed by atoms with Crippen LogP contribution in [-0.4, -0.2) is 25.8 Å². The van der Waals surface area contributed by atoms with E-state index in [0.29, 0.717) is 0 Å². The number of nitrogens with one attached hydrogen (secondary N) is 1. The zero-order valence-corrected chi connectivity index (χ0v) is 11.7. The number of rotatable bonds is 13. The Hall–Kier alpha value is -0.0800. The van der Waals surface area contributed by atoms with E-state index in [1.54, 1.807) is 0 Å². The van der Waals surface area contributed by atoms with Crippen molar-refractivity contribution in [2.24, 2.45) is 0 Å². The Morgan fingerprint density at radius 3 is 2.18 bits per heavy atom. The Labute approximate surface area is 108 Å². The van der Waals surface area contributed by atoms with E-state index in [1.807, 2.05) is 0 Å². The number of hydrogen-bond acceptors (Lipinski definition) is 2. The lowest BCUT2D eigenvalue weighted by Gasteiger charge is -2.05. The monoisotopic (exact) mass is 241 g/mol. The van der Waals surface area contributed by atoms with Gasteiger partial charge in [0.15, 0.2) is 0 Å². The molecule has 0 saturated heterocycles. The molecular formula is C15H31NO. The highest BCUT2D eigenvalue weighted by Gasteiger charge is 2.19. The van der Waals surface area contributed by atoms with Gasteiger partial charge in [-0.2, -0.15) is 0 Å². The van der Waals surface area contributed by atoms with Gasteiger partial charge in [0.2, 0.25) is 0 Å². The lowest BCUT2D eigenvalue weighted by Crippen LogP contribution is -2.17. The first-order chi connectivity index (χ1) is 8.43. The van der Waals surface area contributed by atoms with Crippen molar-refractivity contribution in [3.05, 3.63) is 0 Å². The molecule has 0 amide bonds. The Morgan fingerprint density at radius 1 is 0.882 bits per heavy atom. The van der Waals surface area contributed by atoms with Crippen molar-refractivity contribution >= 4 is 0 Å². The van der Waals surface area contributed by atoms with Crippen LogP contribution in [0.15, 0.2) is 0 Å². The van der Waals surface area contributed by atoms with Crippen molar-refractivity contribution in [3.8, 4) is 0 Å². The van der Waals surface area contributed by atoms with Gasteiger partial charge in [-0.3, -0.25) is 0 Å². The fourth-order valence-corrected chi connectivity index (χ4v) is 2.01. The van der Waals surface area contributed by atoms with E-state index in [2.05, 4.69) is 12.2 Å². The van der Waals surface area contributed by atoms with E-state index in [-0.39, 0.29) is 0 Å². The van der Waals surface area contributed by atoms with E-state index >= 15 is 0 Å². The van der Waals surface area contributed by atoms with Crippen molar-refractivity contribution in [3.63, 3.8) is 0 Å². The second kappa shape index (κ2) is 11.0. The molecule has 0 aromatic heterocycles. The molecular weight excluding hydrogens is 210 g/mol. The highest BCUT2D eigenvalue weighted by molar-refractivity contribution is 4.80. The van der Waals surface area contributed by atoms with Gasteiger partial charge in [0.1, 0.15) is 0 Å². The maximum absolute atomic E-state index is 5.62. The van der Waals surface area contributed by atoms with Crippen LogP contribution in [0.1, 0.15) is 71.1 Å².